The summed E-state index contributed by atoms with van der Waals surface area (Å²) in [6.07, 6.45) is 9.17. The van der Waals surface area contributed by atoms with Crippen molar-refractivity contribution < 1.29 is 10.0 Å². The summed E-state index contributed by atoms with van der Waals surface area (Å²) in [4.78, 5) is 14.7. The van der Waals surface area contributed by atoms with Gasteiger partial charge >= 0.3 is 0 Å². The Morgan fingerprint density at radius 2 is 1.79 bits per heavy atom. The molecule has 0 aromatic heterocycles. The summed E-state index contributed by atoms with van der Waals surface area (Å²) in [7, 11) is 1.88. The molecule has 2 aliphatic carbocycles. The van der Waals surface area contributed by atoms with Crippen LogP contribution in [0, 0.1) is 5.41 Å². The van der Waals surface area contributed by atoms with Crippen LogP contribution in [-0.2, 0) is 4.79 Å². The van der Waals surface area contributed by atoms with Crippen molar-refractivity contribution in [3.05, 3.63) is 0 Å². The van der Waals surface area contributed by atoms with Crippen LogP contribution in [0.2, 0.25) is 0 Å². The molecule has 0 aliphatic heterocycles. The number of hydrogen-bond donors (Lipinski definition) is 2. The summed E-state index contributed by atoms with van der Waals surface area (Å²) in [5.41, 5.74) is 5.08. The lowest BCUT2D eigenvalue weighted by Gasteiger charge is -2.37. The number of carbonyl (C=O) groups is 1. The first kappa shape index (κ1) is 14.2. The Morgan fingerprint density at radius 1 is 1.21 bits per heavy atom. The van der Waals surface area contributed by atoms with Crippen LogP contribution in [-0.4, -0.2) is 34.9 Å². The van der Waals surface area contributed by atoms with Gasteiger partial charge in [-0.2, -0.15) is 0 Å². The lowest BCUT2D eigenvalue weighted by atomic mass is 9.82. The fourth-order valence-electron chi connectivity index (χ4n) is 3.63. The quantitative estimate of drug-likeness (QED) is 0.355. The highest BCUT2D eigenvalue weighted by Gasteiger charge is 2.47. The molecule has 0 aromatic carbocycles. The van der Waals surface area contributed by atoms with Crippen molar-refractivity contribution in [3.8, 4) is 0 Å². The van der Waals surface area contributed by atoms with Gasteiger partial charge in [-0.15, -0.1) is 0 Å². The molecule has 0 atom stereocenters. The number of hydrogen-bond acceptors (Lipinski definition) is 3. The predicted octanol–water partition coefficient (Wildman–Crippen LogP) is 2.08. The number of amides is 1. The standard InChI is InChI=1S/C14H25N3O2/c1-17(11-7-3-2-4-8-11)13(18)14(12(15)16-19)9-5-6-10-14/h11,19H,2-10H2,1H3,(H2,15,16). The average molecular weight is 267 g/mol. The van der Waals surface area contributed by atoms with Crippen LogP contribution in [0.1, 0.15) is 57.8 Å². The fourth-order valence-corrected chi connectivity index (χ4v) is 3.63. The third kappa shape index (κ3) is 2.55. The molecular formula is C14H25N3O2. The second-order valence-corrected chi connectivity index (χ2v) is 5.98. The zero-order valence-electron chi connectivity index (χ0n) is 11.8. The molecule has 0 aromatic rings. The van der Waals surface area contributed by atoms with E-state index < -0.39 is 5.41 Å². The summed E-state index contributed by atoms with van der Waals surface area (Å²) in [5.74, 6) is 0.143. The molecule has 0 saturated heterocycles. The SMILES string of the molecule is CN(C(=O)C1(C(N)=NO)CCCC1)C1CCCCC1. The maximum atomic E-state index is 12.8. The number of nitrogens with zero attached hydrogens (tertiary/aromatic N) is 2. The van der Waals surface area contributed by atoms with Crippen LogP contribution in [0.4, 0.5) is 0 Å². The normalized spacial score (nSPS) is 24.4. The molecule has 2 rings (SSSR count). The van der Waals surface area contributed by atoms with Crippen LogP contribution in [0.3, 0.4) is 0 Å². The Morgan fingerprint density at radius 3 is 2.32 bits per heavy atom. The zero-order chi connectivity index (χ0) is 13.9. The molecule has 5 nitrogen and oxygen atoms in total. The van der Waals surface area contributed by atoms with Gasteiger partial charge in [-0.25, -0.2) is 0 Å². The lowest BCUT2D eigenvalue weighted by molar-refractivity contribution is -0.139. The van der Waals surface area contributed by atoms with Crippen LogP contribution < -0.4 is 5.73 Å². The fraction of sp³-hybridized carbons (Fsp3) is 0.857. The van der Waals surface area contributed by atoms with E-state index in [1.807, 2.05) is 11.9 Å². The molecule has 0 spiro atoms. The average Bonchev–Trinajstić information content (AvgIpc) is 2.96. The Kier molecular flexibility index (Phi) is 4.32. The first-order valence-electron chi connectivity index (χ1n) is 7.37. The molecule has 5 heteroatoms. The summed E-state index contributed by atoms with van der Waals surface area (Å²) >= 11 is 0. The third-order valence-corrected chi connectivity index (χ3v) is 4.91. The van der Waals surface area contributed by atoms with Crippen molar-refractivity contribution in [2.24, 2.45) is 16.3 Å². The summed E-state index contributed by atoms with van der Waals surface area (Å²) in [6.45, 7) is 0. The molecular weight excluding hydrogens is 242 g/mol. The number of amidine groups is 1. The Balaban J connectivity index is 2.15. The van der Waals surface area contributed by atoms with Gasteiger partial charge in [0.05, 0.1) is 0 Å². The number of carbonyl (C=O) groups excluding carboxylic acids is 1. The predicted molar refractivity (Wildman–Crippen MR) is 74.0 cm³/mol. The minimum absolute atomic E-state index is 0.0483. The Labute approximate surface area is 114 Å². The summed E-state index contributed by atoms with van der Waals surface area (Å²) < 4.78 is 0. The van der Waals surface area contributed by atoms with Crippen molar-refractivity contribution in [2.75, 3.05) is 7.05 Å². The highest BCUT2D eigenvalue weighted by atomic mass is 16.4. The first-order valence-corrected chi connectivity index (χ1v) is 7.37. The Bertz CT molecular complexity index is 356. The molecule has 2 fully saturated rings. The molecule has 2 aliphatic rings. The van der Waals surface area contributed by atoms with Gasteiger partial charge in [0.15, 0.2) is 5.84 Å². The van der Waals surface area contributed by atoms with Gasteiger partial charge < -0.3 is 15.8 Å². The maximum absolute atomic E-state index is 12.8. The van der Waals surface area contributed by atoms with Crippen LogP contribution in [0.5, 0.6) is 0 Å². The van der Waals surface area contributed by atoms with Crippen molar-refractivity contribution >= 4 is 11.7 Å². The van der Waals surface area contributed by atoms with Crippen molar-refractivity contribution in [3.63, 3.8) is 0 Å². The molecule has 0 bridgehead atoms. The number of rotatable bonds is 3. The van der Waals surface area contributed by atoms with Gasteiger partial charge in [0.2, 0.25) is 5.91 Å². The molecule has 0 heterocycles. The monoisotopic (exact) mass is 267 g/mol. The maximum Gasteiger partial charge on any atom is 0.236 e. The summed E-state index contributed by atoms with van der Waals surface area (Å²) in [6, 6.07) is 0.324. The lowest BCUT2D eigenvalue weighted by Crippen LogP contribution is -2.52. The molecule has 1 amide bonds. The van der Waals surface area contributed by atoms with E-state index in [1.54, 1.807) is 0 Å². The smallest absolute Gasteiger partial charge is 0.236 e. The van der Waals surface area contributed by atoms with Gasteiger partial charge in [0.25, 0.3) is 0 Å². The largest absolute Gasteiger partial charge is 0.409 e. The highest BCUT2D eigenvalue weighted by Crippen LogP contribution is 2.40. The van der Waals surface area contributed by atoms with E-state index in [4.69, 9.17) is 10.9 Å². The van der Waals surface area contributed by atoms with E-state index >= 15 is 0 Å². The number of nitrogens with two attached hydrogens (primary N) is 1. The second-order valence-electron chi connectivity index (χ2n) is 5.98. The van der Waals surface area contributed by atoms with Crippen LogP contribution in [0.15, 0.2) is 5.16 Å². The van der Waals surface area contributed by atoms with E-state index in [0.717, 1.165) is 25.7 Å². The van der Waals surface area contributed by atoms with Gasteiger partial charge in [0.1, 0.15) is 5.41 Å². The van der Waals surface area contributed by atoms with Crippen molar-refractivity contribution in [1.82, 2.24) is 4.90 Å². The molecule has 108 valence electrons. The zero-order valence-corrected chi connectivity index (χ0v) is 11.8. The molecule has 2 saturated carbocycles. The van der Waals surface area contributed by atoms with Gasteiger partial charge in [-0.3, -0.25) is 4.79 Å². The molecule has 3 N–H and O–H groups in total. The molecule has 19 heavy (non-hydrogen) atoms. The molecule has 0 unspecified atom stereocenters. The summed E-state index contributed by atoms with van der Waals surface area (Å²) in [5, 5.41) is 12.1. The van der Waals surface area contributed by atoms with Gasteiger partial charge in [0, 0.05) is 13.1 Å². The van der Waals surface area contributed by atoms with E-state index in [1.165, 1.54) is 19.3 Å². The van der Waals surface area contributed by atoms with Gasteiger partial charge in [-0.05, 0) is 25.7 Å². The van der Waals surface area contributed by atoms with E-state index in [2.05, 4.69) is 5.16 Å². The van der Waals surface area contributed by atoms with Crippen molar-refractivity contribution in [2.45, 2.75) is 63.8 Å². The highest BCUT2D eigenvalue weighted by molar-refractivity contribution is 6.07. The first-order chi connectivity index (χ1) is 9.12. The minimum Gasteiger partial charge on any atom is -0.409 e. The number of oxime groups is 1. The van der Waals surface area contributed by atoms with E-state index in [9.17, 15) is 4.79 Å². The van der Waals surface area contributed by atoms with E-state index in [-0.39, 0.29) is 11.7 Å². The van der Waals surface area contributed by atoms with Gasteiger partial charge in [-0.1, -0.05) is 37.3 Å². The van der Waals surface area contributed by atoms with Crippen LogP contribution in [0.25, 0.3) is 0 Å². The van der Waals surface area contributed by atoms with E-state index in [0.29, 0.717) is 18.9 Å². The molecule has 0 radical (unpaired) electrons. The van der Waals surface area contributed by atoms with Crippen LogP contribution >= 0.6 is 0 Å². The topological polar surface area (TPSA) is 78.9 Å². The van der Waals surface area contributed by atoms with Crippen molar-refractivity contribution in [1.29, 1.82) is 0 Å². The Hall–Kier alpha value is -1.26. The third-order valence-electron chi connectivity index (χ3n) is 4.91. The second kappa shape index (κ2) is 5.80. The minimum atomic E-state index is -0.749.